The standard InChI is InChI=1S/C25H25NO4S/c1-3-19-30-23-16-11-21(12-17-23)13-18-25(27)26(22-14-9-20(2)10-15-22)31(28,29)24-7-5-4-6-8-24/h4-18H,3,19H2,1-2H3/b18-13+. The summed E-state index contributed by atoms with van der Waals surface area (Å²) in [5.74, 6) is 0.0947. The summed E-state index contributed by atoms with van der Waals surface area (Å²) in [5.41, 5.74) is 2.01. The molecular formula is C25H25NO4S. The van der Waals surface area contributed by atoms with Crippen molar-refractivity contribution < 1.29 is 17.9 Å². The van der Waals surface area contributed by atoms with Crippen molar-refractivity contribution in [2.45, 2.75) is 25.2 Å². The van der Waals surface area contributed by atoms with E-state index in [2.05, 4.69) is 0 Å². The van der Waals surface area contributed by atoms with Gasteiger partial charge in [0.15, 0.2) is 0 Å². The van der Waals surface area contributed by atoms with Crippen LogP contribution in [0.5, 0.6) is 5.75 Å². The third-order valence-corrected chi connectivity index (χ3v) is 6.26. The number of hydrogen-bond donors (Lipinski definition) is 0. The fourth-order valence-corrected chi connectivity index (χ4v) is 4.30. The number of ether oxygens (including phenoxy) is 1. The second-order valence-electron chi connectivity index (χ2n) is 7.01. The highest BCUT2D eigenvalue weighted by atomic mass is 32.2. The van der Waals surface area contributed by atoms with Crippen molar-refractivity contribution in [1.82, 2.24) is 0 Å². The Labute approximate surface area is 183 Å². The van der Waals surface area contributed by atoms with E-state index < -0.39 is 15.9 Å². The molecule has 160 valence electrons. The number of nitrogens with zero attached hydrogens (tertiary/aromatic N) is 1. The van der Waals surface area contributed by atoms with E-state index in [0.717, 1.165) is 27.6 Å². The predicted molar refractivity (Wildman–Crippen MR) is 124 cm³/mol. The second-order valence-corrected chi connectivity index (χ2v) is 8.79. The van der Waals surface area contributed by atoms with Gasteiger partial charge in [0.2, 0.25) is 0 Å². The Morgan fingerprint density at radius 1 is 0.935 bits per heavy atom. The van der Waals surface area contributed by atoms with E-state index >= 15 is 0 Å². The number of sulfonamides is 1. The predicted octanol–water partition coefficient (Wildman–Crippen LogP) is 5.22. The lowest BCUT2D eigenvalue weighted by atomic mass is 10.2. The fraction of sp³-hybridized carbons (Fsp3) is 0.160. The summed E-state index contributed by atoms with van der Waals surface area (Å²) in [7, 11) is -4.08. The number of benzene rings is 3. The quantitative estimate of drug-likeness (QED) is 0.455. The number of rotatable bonds is 8. The van der Waals surface area contributed by atoms with Gasteiger partial charge in [0, 0.05) is 6.08 Å². The third kappa shape index (κ3) is 5.61. The zero-order chi connectivity index (χ0) is 22.3. The number of carbonyl (C=O) groups is 1. The van der Waals surface area contributed by atoms with Gasteiger partial charge in [0.25, 0.3) is 15.9 Å². The summed E-state index contributed by atoms with van der Waals surface area (Å²) >= 11 is 0. The van der Waals surface area contributed by atoms with Crippen molar-refractivity contribution in [3.63, 3.8) is 0 Å². The molecule has 0 saturated heterocycles. The summed E-state index contributed by atoms with van der Waals surface area (Å²) in [6.45, 7) is 4.57. The SMILES string of the molecule is CCCOc1ccc(/C=C/C(=O)N(c2ccc(C)cc2)S(=O)(=O)c2ccccc2)cc1. The molecule has 0 aliphatic heterocycles. The minimum absolute atomic E-state index is 0.0507. The highest BCUT2D eigenvalue weighted by molar-refractivity contribution is 7.93. The van der Waals surface area contributed by atoms with Crippen molar-refractivity contribution in [3.8, 4) is 5.75 Å². The van der Waals surface area contributed by atoms with E-state index in [0.29, 0.717) is 6.61 Å². The minimum Gasteiger partial charge on any atom is -0.494 e. The van der Waals surface area contributed by atoms with Crippen LogP contribution in [0.2, 0.25) is 0 Å². The normalized spacial score (nSPS) is 11.4. The Kier molecular flexibility index (Phi) is 7.26. The van der Waals surface area contributed by atoms with E-state index in [1.807, 2.05) is 38.1 Å². The highest BCUT2D eigenvalue weighted by Gasteiger charge is 2.29. The Morgan fingerprint density at radius 3 is 2.19 bits per heavy atom. The molecule has 6 heteroatoms. The summed E-state index contributed by atoms with van der Waals surface area (Å²) in [4.78, 5) is 13.1. The van der Waals surface area contributed by atoms with Crippen molar-refractivity contribution in [2.24, 2.45) is 0 Å². The Morgan fingerprint density at radius 2 is 1.58 bits per heavy atom. The lowest BCUT2D eigenvalue weighted by Crippen LogP contribution is -2.35. The molecule has 0 saturated carbocycles. The maximum atomic E-state index is 13.3. The highest BCUT2D eigenvalue weighted by Crippen LogP contribution is 2.25. The number of hydrogen-bond acceptors (Lipinski definition) is 4. The largest absolute Gasteiger partial charge is 0.494 e. The van der Waals surface area contributed by atoms with Crippen molar-refractivity contribution >= 4 is 27.7 Å². The maximum absolute atomic E-state index is 13.3. The first-order valence-corrected chi connectivity index (χ1v) is 11.5. The van der Waals surface area contributed by atoms with Crippen LogP contribution in [0.4, 0.5) is 5.69 Å². The molecule has 0 heterocycles. The Bertz CT molecular complexity index is 1140. The van der Waals surface area contributed by atoms with Gasteiger partial charge in [-0.2, -0.15) is 4.31 Å². The molecule has 0 aliphatic carbocycles. The Hall–Kier alpha value is -3.38. The molecule has 0 atom stereocenters. The molecule has 3 rings (SSSR count). The first-order chi connectivity index (χ1) is 14.9. The van der Waals surface area contributed by atoms with E-state index in [4.69, 9.17) is 4.74 Å². The van der Waals surface area contributed by atoms with Crippen LogP contribution in [0.25, 0.3) is 6.08 Å². The van der Waals surface area contributed by atoms with Crippen molar-refractivity contribution in [2.75, 3.05) is 10.9 Å². The third-order valence-electron chi connectivity index (χ3n) is 4.52. The molecule has 0 fully saturated rings. The lowest BCUT2D eigenvalue weighted by Gasteiger charge is -2.21. The van der Waals surface area contributed by atoms with Crippen LogP contribution in [0.15, 0.2) is 89.8 Å². The van der Waals surface area contributed by atoms with Gasteiger partial charge in [-0.15, -0.1) is 0 Å². The number of aryl methyl sites for hydroxylation is 1. The molecule has 5 nitrogen and oxygen atoms in total. The minimum atomic E-state index is -4.08. The molecule has 0 N–H and O–H groups in total. The molecule has 0 radical (unpaired) electrons. The summed E-state index contributed by atoms with van der Waals surface area (Å²) in [6.07, 6.45) is 3.77. The first-order valence-electron chi connectivity index (χ1n) is 10.0. The summed E-state index contributed by atoms with van der Waals surface area (Å²) < 4.78 is 32.9. The molecule has 3 aromatic rings. The van der Waals surface area contributed by atoms with E-state index in [1.54, 1.807) is 48.5 Å². The summed E-state index contributed by atoms with van der Waals surface area (Å²) in [6, 6.07) is 22.0. The monoisotopic (exact) mass is 435 g/mol. The van der Waals surface area contributed by atoms with Crippen LogP contribution in [0.3, 0.4) is 0 Å². The maximum Gasteiger partial charge on any atom is 0.271 e. The molecule has 31 heavy (non-hydrogen) atoms. The van der Waals surface area contributed by atoms with Crippen molar-refractivity contribution in [1.29, 1.82) is 0 Å². The molecule has 3 aromatic carbocycles. The molecule has 0 aromatic heterocycles. The molecule has 1 amide bonds. The van der Waals surface area contributed by atoms with Gasteiger partial charge in [0.1, 0.15) is 5.75 Å². The smallest absolute Gasteiger partial charge is 0.271 e. The van der Waals surface area contributed by atoms with Gasteiger partial charge >= 0.3 is 0 Å². The van der Waals surface area contributed by atoms with Gasteiger partial charge in [-0.3, -0.25) is 4.79 Å². The molecule has 0 aliphatic rings. The van der Waals surface area contributed by atoms with E-state index in [-0.39, 0.29) is 10.6 Å². The average molecular weight is 436 g/mol. The van der Waals surface area contributed by atoms with Gasteiger partial charge < -0.3 is 4.74 Å². The van der Waals surface area contributed by atoms with Crippen LogP contribution in [-0.2, 0) is 14.8 Å². The van der Waals surface area contributed by atoms with Gasteiger partial charge in [-0.05, 0) is 61.4 Å². The number of anilines is 1. The number of amides is 1. The zero-order valence-corrected chi connectivity index (χ0v) is 18.4. The van der Waals surface area contributed by atoms with E-state index in [1.165, 1.54) is 18.2 Å². The van der Waals surface area contributed by atoms with Crippen LogP contribution >= 0.6 is 0 Å². The van der Waals surface area contributed by atoms with Crippen molar-refractivity contribution in [3.05, 3.63) is 96.1 Å². The molecular weight excluding hydrogens is 410 g/mol. The van der Waals surface area contributed by atoms with Crippen LogP contribution in [0, 0.1) is 6.92 Å². The Balaban J connectivity index is 1.91. The fourth-order valence-electron chi connectivity index (χ4n) is 2.89. The van der Waals surface area contributed by atoms with Crippen LogP contribution in [-0.4, -0.2) is 20.9 Å². The topological polar surface area (TPSA) is 63.7 Å². The lowest BCUT2D eigenvalue weighted by molar-refractivity contribution is -0.113. The number of carbonyl (C=O) groups excluding carboxylic acids is 1. The molecule has 0 spiro atoms. The van der Waals surface area contributed by atoms with Crippen LogP contribution < -0.4 is 9.04 Å². The zero-order valence-electron chi connectivity index (χ0n) is 17.6. The second kappa shape index (κ2) is 10.1. The van der Waals surface area contributed by atoms with E-state index in [9.17, 15) is 13.2 Å². The van der Waals surface area contributed by atoms with Gasteiger partial charge in [0.05, 0.1) is 17.2 Å². The van der Waals surface area contributed by atoms with Crippen LogP contribution in [0.1, 0.15) is 24.5 Å². The van der Waals surface area contributed by atoms with Gasteiger partial charge in [-0.1, -0.05) is 55.0 Å². The molecule has 0 unspecified atom stereocenters. The summed E-state index contributed by atoms with van der Waals surface area (Å²) in [5, 5.41) is 0. The first kappa shape index (κ1) is 22.3. The molecule has 0 bridgehead atoms. The van der Waals surface area contributed by atoms with Gasteiger partial charge in [-0.25, -0.2) is 8.42 Å². The average Bonchev–Trinajstić information content (AvgIpc) is 2.79.